The fourth-order valence-electron chi connectivity index (χ4n) is 3.44. The van der Waals surface area contributed by atoms with Crippen LogP contribution in [0, 0.1) is 5.82 Å². The molecule has 11 heteroatoms. The number of hydrogen-bond donors (Lipinski definition) is 2. The van der Waals surface area contributed by atoms with E-state index in [1.54, 1.807) is 31.7 Å². The quantitative estimate of drug-likeness (QED) is 0.461. The molecule has 0 atom stereocenters. The van der Waals surface area contributed by atoms with Gasteiger partial charge in [-0.15, -0.1) is 13.2 Å². The summed E-state index contributed by atoms with van der Waals surface area (Å²) in [5.74, 6) is -0.798. The minimum absolute atomic E-state index is 0.200. The van der Waals surface area contributed by atoms with E-state index < -0.39 is 23.9 Å². The molecule has 0 unspecified atom stereocenters. The maximum absolute atomic E-state index is 14.7. The molecule has 7 nitrogen and oxygen atoms in total. The van der Waals surface area contributed by atoms with Gasteiger partial charge in [-0.3, -0.25) is 0 Å². The zero-order valence-electron chi connectivity index (χ0n) is 19.2. The summed E-state index contributed by atoms with van der Waals surface area (Å²) in [6, 6.07) is 8.23. The fraction of sp³-hybridized carbons (Fsp3) is 0.435. The van der Waals surface area contributed by atoms with Crippen LogP contribution in [0.2, 0.25) is 0 Å². The van der Waals surface area contributed by atoms with Crippen LogP contribution in [0.1, 0.15) is 26.3 Å². The first kappa shape index (κ1) is 25.3. The average molecular weight is 484 g/mol. The van der Waals surface area contributed by atoms with E-state index in [0.29, 0.717) is 43.1 Å². The van der Waals surface area contributed by atoms with Gasteiger partial charge in [0.2, 0.25) is 0 Å². The number of ether oxygens (including phenoxy) is 2. The van der Waals surface area contributed by atoms with E-state index in [2.05, 4.69) is 10.1 Å². The van der Waals surface area contributed by atoms with Gasteiger partial charge in [0, 0.05) is 38.8 Å². The summed E-state index contributed by atoms with van der Waals surface area (Å²) in [5.41, 5.74) is 7.08. The van der Waals surface area contributed by atoms with Crippen LogP contribution in [0.3, 0.4) is 0 Å². The fourth-order valence-corrected chi connectivity index (χ4v) is 3.44. The Labute approximate surface area is 195 Å². The zero-order chi connectivity index (χ0) is 25.1. The summed E-state index contributed by atoms with van der Waals surface area (Å²) >= 11 is 0. The largest absolute Gasteiger partial charge is 0.573 e. The molecule has 0 radical (unpaired) electrons. The topological polar surface area (TPSA) is 80.1 Å². The van der Waals surface area contributed by atoms with Crippen molar-refractivity contribution < 1.29 is 31.8 Å². The average Bonchev–Trinajstić information content (AvgIpc) is 2.72. The van der Waals surface area contributed by atoms with Crippen molar-refractivity contribution in [3.63, 3.8) is 0 Å². The Bertz CT molecular complexity index is 999. The number of rotatable bonds is 5. The van der Waals surface area contributed by atoms with Crippen LogP contribution in [0.15, 0.2) is 36.4 Å². The molecule has 0 aromatic heterocycles. The van der Waals surface area contributed by atoms with Gasteiger partial charge in [-0.2, -0.15) is 0 Å². The van der Waals surface area contributed by atoms with Gasteiger partial charge in [-0.05, 0) is 44.5 Å². The third-order valence-corrected chi connectivity index (χ3v) is 5.03. The molecular weight excluding hydrogens is 456 g/mol. The molecule has 1 aliphatic heterocycles. The van der Waals surface area contributed by atoms with E-state index in [1.165, 1.54) is 30.3 Å². The van der Waals surface area contributed by atoms with Crippen molar-refractivity contribution in [2.24, 2.45) is 0 Å². The summed E-state index contributed by atoms with van der Waals surface area (Å²) in [4.78, 5) is 15.7. The van der Waals surface area contributed by atoms with Crippen LogP contribution in [0.4, 0.5) is 39.4 Å². The van der Waals surface area contributed by atoms with E-state index in [9.17, 15) is 22.4 Å². The summed E-state index contributed by atoms with van der Waals surface area (Å²) in [7, 11) is 0. The molecule has 2 aromatic rings. The Morgan fingerprint density at radius 2 is 1.68 bits per heavy atom. The number of nitrogen functional groups attached to an aromatic ring is 1. The summed E-state index contributed by atoms with van der Waals surface area (Å²) < 4.78 is 60.8. The Morgan fingerprint density at radius 1 is 1.06 bits per heavy atom. The molecule has 0 bridgehead atoms. The maximum atomic E-state index is 14.7. The van der Waals surface area contributed by atoms with Crippen LogP contribution in [0.5, 0.6) is 5.75 Å². The van der Waals surface area contributed by atoms with Crippen LogP contribution in [0.25, 0.3) is 0 Å². The third-order valence-electron chi connectivity index (χ3n) is 5.03. The highest BCUT2D eigenvalue weighted by Crippen LogP contribution is 2.31. The van der Waals surface area contributed by atoms with Gasteiger partial charge in [0.25, 0.3) is 0 Å². The van der Waals surface area contributed by atoms with Crippen molar-refractivity contribution in [3.05, 3.63) is 47.8 Å². The molecule has 34 heavy (non-hydrogen) atoms. The van der Waals surface area contributed by atoms with Gasteiger partial charge in [-0.25, -0.2) is 9.18 Å². The summed E-state index contributed by atoms with van der Waals surface area (Å²) in [5, 5.41) is 3.09. The number of nitrogens with one attached hydrogen (secondary N) is 1. The lowest BCUT2D eigenvalue weighted by Gasteiger charge is -2.37. The Hall–Kier alpha value is -3.37. The Morgan fingerprint density at radius 3 is 2.24 bits per heavy atom. The van der Waals surface area contributed by atoms with Crippen molar-refractivity contribution in [1.29, 1.82) is 0 Å². The molecule has 1 aliphatic rings. The minimum atomic E-state index is -4.75. The molecule has 186 valence electrons. The predicted molar refractivity (Wildman–Crippen MR) is 121 cm³/mol. The second-order valence-electron chi connectivity index (χ2n) is 8.89. The number of nitrogens with zero attached hydrogens (tertiary/aromatic N) is 2. The highest BCUT2D eigenvalue weighted by molar-refractivity contribution is 5.73. The standard InChI is InChI=1S/C23H28F4N4O3/c1-22(2,3)34-21(32)31-10-8-30(9-11-31)20-13-19(18(28)12-17(20)24)29-14-15-4-6-16(7-5-15)33-23(25,26)27/h4-7,12-13,29H,8-11,14,28H2,1-3H3. The number of amides is 1. The third kappa shape index (κ3) is 7.06. The van der Waals surface area contributed by atoms with Gasteiger partial charge in [0.05, 0.1) is 17.1 Å². The smallest absolute Gasteiger partial charge is 0.444 e. The molecule has 3 N–H and O–H groups in total. The van der Waals surface area contributed by atoms with Gasteiger partial charge in [0.15, 0.2) is 0 Å². The van der Waals surface area contributed by atoms with Gasteiger partial charge in [-0.1, -0.05) is 12.1 Å². The van der Waals surface area contributed by atoms with Gasteiger partial charge >= 0.3 is 12.5 Å². The number of nitrogens with two attached hydrogens (primary N) is 1. The van der Waals surface area contributed by atoms with E-state index in [-0.39, 0.29) is 18.0 Å². The number of piperazine rings is 1. The van der Waals surface area contributed by atoms with E-state index in [4.69, 9.17) is 10.5 Å². The monoisotopic (exact) mass is 484 g/mol. The van der Waals surface area contributed by atoms with Crippen LogP contribution >= 0.6 is 0 Å². The number of benzene rings is 2. The van der Waals surface area contributed by atoms with Crippen LogP contribution in [-0.4, -0.2) is 49.1 Å². The number of hydrogen-bond acceptors (Lipinski definition) is 6. The zero-order valence-corrected chi connectivity index (χ0v) is 19.2. The number of carbonyl (C=O) groups is 1. The number of alkyl halides is 3. The first-order valence-electron chi connectivity index (χ1n) is 10.7. The molecule has 0 aliphatic carbocycles. The lowest BCUT2D eigenvalue weighted by Crippen LogP contribution is -2.50. The minimum Gasteiger partial charge on any atom is -0.444 e. The molecule has 1 saturated heterocycles. The molecule has 1 heterocycles. The number of anilines is 3. The first-order chi connectivity index (χ1) is 15.8. The van der Waals surface area contributed by atoms with Crippen molar-refractivity contribution in [2.45, 2.75) is 39.3 Å². The highest BCUT2D eigenvalue weighted by Gasteiger charge is 2.31. The second kappa shape index (κ2) is 9.86. The van der Waals surface area contributed by atoms with Crippen molar-refractivity contribution in [1.82, 2.24) is 4.90 Å². The first-order valence-corrected chi connectivity index (χ1v) is 10.7. The molecule has 0 saturated carbocycles. The lowest BCUT2D eigenvalue weighted by molar-refractivity contribution is -0.274. The van der Waals surface area contributed by atoms with Gasteiger partial charge in [0.1, 0.15) is 17.2 Å². The Balaban J connectivity index is 1.63. The van der Waals surface area contributed by atoms with Crippen LogP contribution < -0.4 is 20.7 Å². The summed E-state index contributed by atoms with van der Waals surface area (Å²) in [6.07, 6.45) is -5.16. The van der Waals surface area contributed by atoms with Crippen molar-refractivity contribution in [2.75, 3.05) is 42.1 Å². The molecule has 1 amide bonds. The normalized spacial score (nSPS) is 14.7. The predicted octanol–water partition coefficient (Wildman–Crippen LogP) is 4.98. The van der Waals surface area contributed by atoms with Gasteiger partial charge < -0.3 is 30.3 Å². The van der Waals surface area contributed by atoms with E-state index in [1.807, 2.05) is 4.90 Å². The Kier molecular flexibility index (Phi) is 7.32. The molecule has 0 spiro atoms. The molecular formula is C23H28F4N4O3. The second-order valence-corrected chi connectivity index (χ2v) is 8.89. The summed E-state index contributed by atoms with van der Waals surface area (Å²) in [6.45, 7) is 7.24. The number of halogens is 4. The number of carbonyl (C=O) groups excluding carboxylic acids is 1. The molecule has 2 aromatic carbocycles. The lowest BCUT2D eigenvalue weighted by atomic mass is 10.1. The maximum Gasteiger partial charge on any atom is 0.573 e. The van der Waals surface area contributed by atoms with Crippen molar-refractivity contribution >= 4 is 23.2 Å². The molecule has 1 fully saturated rings. The highest BCUT2D eigenvalue weighted by atomic mass is 19.4. The van der Waals surface area contributed by atoms with Crippen molar-refractivity contribution in [3.8, 4) is 5.75 Å². The molecule has 3 rings (SSSR count). The SMILES string of the molecule is CC(C)(C)OC(=O)N1CCN(c2cc(NCc3ccc(OC(F)(F)F)cc3)c(N)cc2F)CC1. The van der Waals surface area contributed by atoms with E-state index in [0.717, 1.165) is 0 Å². The van der Waals surface area contributed by atoms with Crippen LogP contribution in [-0.2, 0) is 11.3 Å². The van der Waals surface area contributed by atoms with E-state index >= 15 is 0 Å².